The third-order valence-corrected chi connectivity index (χ3v) is 6.76. The number of unbranched alkanes of at least 4 members (excludes halogenated alkanes) is 15. The van der Waals surface area contributed by atoms with Gasteiger partial charge < -0.3 is 9.66 Å². The molecular weight excluding hydrogens is 383 g/mol. The van der Waals surface area contributed by atoms with Gasteiger partial charge in [-0.05, 0) is 19.3 Å². The molecule has 0 aliphatic heterocycles. The molecule has 0 heterocycles. The summed E-state index contributed by atoms with van der Waals surface area (Å²) in [4.78, 5) is 0. The molecule has 0 aliphatic rings. The Hall–Kier alpha value is 0.870. The SMILES string of the molecule is CCCCCCCCC(CCCCCCCCCCCCCO)S(=O)(=O)[O-].[Na+]. The van der Waals surface area contributed by atoms with Crippen molar-refractivity contribution in [2.75, 3.05) is 6.61 Å². The molecule has 1 atom stereocenters. The molecule has 0 aliphatic carbocycles. The maximum absolute atomic E-state index is 11.5. The van der Waals surface area contributed by atoms with E-state index in [2.05, 4.69) is 6.92 Å². The normalized spacial score (nSPS) is 12.7. The van der Waals surface area contributed by atoms with Crippen LogP contribution >= 0.6 is 0 Å². The molecule has 0 saturated carbocycles. The monoisotopic (exact) mass is 428 g/mol. The van der Waals surface area contributed by atoms with Crippen LogP contribution in [-0.4, -0.2) is 29.9 Å². The summed E-state index contributed by atoms with van der Waals surface area (Å²) >= 11 is 0. The van der Waals surface area contributed by atoms with E-state index in [0.29, 0.717) is 19.4 Å². The summed E-state index contributed by atoms with van der Waals surface area (Å²) in [6.07, 6.45) is 20.5. The first-order valence-electron chi connectivity index (χ1n) is 11.6. The van der Waals surface area contributed by atoms with Crippen LogP contribution < -0.4 is 29.6 Å². The minimum atomic E-state index is -4.14. The Morgan fingerprint density at radius 3 is 1.29 bits per heavy atom. The summed E-state index contributed by atoms with van der Waals surface area (Å²) in [5, 5.41) is 8.06. The molecule has 1 unspecified atom stereocenters. The summed E-state index contributed by atoms with van der Waals surface area (Å²) in [7, 11) is -4.14. The van der Waals surface area contributed by atoms with Crippen LogP contribution in [0.25, 0.3) is 0 Å². The van der Waals surface area contributed by atoms with Gasteiger partial charge in [-0.2, -0.15) is 0 Å². The Kier molecular flexibility index (Phi) is 25.0. The molecule has 0 aromatic heterocycles. The average Bonchev–Trinajstić information content (AvgIpc) is 2.62. The van der Waals surface area contributed by atoms with Crippen molar-refractivity contribution in [1.82, 2.24) is 0 Å². The smallest absolute Gasteiger partial charge is 0.748 e. The molecular formula is C22H45NaO4S. The van der Waals surface area contributed by atoms with Gasteiger partial charge in [0.25, 0.3) is 0 Å². The molecule has 28 heavy (non-hydrogen) atoms. The van der Waals surface area contributed by atoms with Gasteiger partial charge in [0.15, 0.2) is 0 Å². The number of hydrogen-bond acceptors (Lipinski definition) is 4. The van der Waals surface area contributed by atoms with E-state index in [9.17, 15) is 13.0 Å². The maximum atomic E-state index is 11.5. The number of rotatable bonds is 21. The summed E-state index contributed by atoms with van der Waals surface area (Å²) in [5.74, 6) is 0. The van der Waals surface area contributed by atoms with E-state index < -0.39 is 15.4 Å². The molecule has 0 bridgehead atoms. The van der Waals surface area contributed by atoms with E-state index in [4.69, 9.17) is 5.11 Å². The zero-order valence-corrected chi connectivity index (χ0v) is 21.6. The summed E-state index contributed by atoms with van der Waals surface area (Å²) in [6, 6.07) is 0. The Bertz CT molecular complexity index is 401. The Labute approximate surface area is 197 Å². The van der Waals surface area contributed by atoms with E-state index in [1.807, 2.05) is 0 Å². The third kappa shape index (κ3) is 21.6. The molecule has 0 fully saturated rings. The molecule has 0 saturated heterocycles. The minimum absolute atomic E-state index is 0. The van der Waals surface area contributed by atoms with E-state index in [1.54, 1.807) is 0 Å². The van der Waals surface area contributed by atoms with Gasteiger partial charge in [0, 0.05) is 11.9 Å². The van der Waals surface area contributed by atoms with Gasteiger partial charge in [0.1, 0.15) is 0 Å². The van der Waals surface area contributed by atoms with Gasteiger partial charge in [-0.1, -0.05) is 110 Å². The predicted molar refractivity (Wildman–Crippen MR) is 114 cm³/mol. The van der Waals surface area contributed by atoms with Crippen LogP contribution in [0.5, 0.6) is 0 Å². The number of hydrogen-bond donors (Lipinski definition) is 1. The van der Waals surface area contributed by atoms with Crippen LogP contribution in [0.4, 0.5) is 0 Å². The van der Waals surface area contributed by atoms with Crippen molar-refractivity contribution in [2.24, 2.45) is 0 Å². The fourth-order valence-electron chi connectivity index (χ4n) is 3.66. The van der Waals surface area contributed by atoms with Crippen LogP contribution in [0.2, 0.25) is 0 Å². The Morgan fingerprint density at radius 2 is 0.964 bits per heavy atom. The first-order chi connectivity index (χ1) is 13.0. The molecule has 0 spiro atoms. The number of aliphatic hydroxyl groups excluding tert-OH is 1. The van der Waals surface area contributed by atoms with E-state index in [1.165, 1.54) is 57.8 Å². The predicted octanol–water partition coefficient (Wildman–Crippen LogP) is 3.33. The molecule has 0 radical (unpaired) electrons. The van der Waals surface area contributed by atoms with Gasteiger partial charge in [-0.15, -0.1) is 0 Å². The largest absolute Gasteiger partial charge is 1.00 e. The molecule has 6 heteroatoms. The van der Waals surface area contributed by atoms with Crippen molar-refractivity contribution in [3.05, 3.63) is 0 Å². The molecule has 1 N–H and O–H groups in total. The Morgan fingerprint density at radius 1 is 0.643 bits per heavy atom. The molecule has 0 amide bonds. The third-order valence-electron chi connectivity index (χ3n) is 5.47. The first kappa shape index (κ1) is 31.1. The molecule has 0 aromatic rings. The van der Waals surface area contributed by atoms with Crippen LogP contribution in [0, 0.1) is 0 Å². The van der Waals surface area contributed by atoms with Crippen molar-refractivity contribution in [2.45, 2.75) is 134 Å². The zero-order valence-electron chi connectivity index (χ0n) is 18.8. The van der Waals surface area contributed by atoms with Crippen molar-refractivity contribution in [1.29, 1.82) is 0 Å². The second-order valence-corrected chi connectivity index (χ2v) is 9.72. The molecule has 0 rings (SSSR count). The standard InChI is InChI=1S/C22H46O4S.Na/c1-2-3-4-5-13-16-19-22(27(24,25)26)20-17-14-11-9-7-6-8-10-12-15-18-21-23;/h22-23H,2-21H2,1H3,(H,24,25,26);/q;+1/p-1. The van der Waals surface area contributed by atoms with E-state index in [-0.39, 0.29) is 29.6 Å². The van der Waals surface area contributed by atoms with Crippen molar-refractivity contribution < 1.29 is 47.6 Å². The Balaban J connectivity index is 0. The summed E-state index contributed by atoms with van der Waals surface area (Å²) in [5.41, 5.74) is 0. The molecule has 164 valence electrons. The maximum Gasteiger partial charge on any atom is 1.00 e. The summed E-state index contributed by atoms with van der Waals surface area (Å²) < 4.78 is 34.4. The second-order valence-electron chi connectivity index (χ2n) is 8.07. The zero-order chi connectivity index (χ0) is 20.2. The molecule has 4 nitrogen and oxygen atoms in total. The average molecular weight is 429 g/mol. The van der Waals surface area contributed by atoms with E-state index in [0.717, 1.165) is 51.4 Å². The van der Waals surface area contributed by atoms with Gasteiger partial charge in [-0.25, -0.2) is 8.42 Å². The fourth-order valence-corrected chi connectivity index (χ4v) is 4.57. The number of aliphatic hydroxyl groups is 1. The molecule has 0 aromatic carbocycles. The van der Waals surface area contributed by atoms with Crippen molar-refractivity contribution >= 4 is 10.1 Å². The summed E-state index contributed by atoms with van der Waals surface area (Å²) in [6.45, 7) is 2.49. The quantitative estimate of drug-likeness (QED) is 0.173. The van der Waals surface area contributed by atoms with Gasteiger partial charge in [0.2, 0.25) is 0 Å². The first-order valence-corrected chi connectivity index (χ1v) is 13.0. The minimum Gasteiger partial charge on any atom is -0.748 e. The van der Waals surface area contributed by atoms with Gasteiger partial charge in [-0.3, -0.25) is 0 Å². The van der Waals surface area contributed by atoms with Gasteiger partial charge >= 0.3 is 29.6 Å². The fraction of sp³-hybridized carbons (Fsp3) is 1.00. The van der Waals surface area contributed by atoms with Crippen LogP contribution in [-0.2, 0) is 10.1 Å². The topological polar surface area (TPSA) is 77.4 Å². The van der Waals surface area contributed by atoms with Crippen LogP contribution in [0.1, 0.15) is 129 Å². The van der Waals surface area contributed by atoms with Gasteiger partial charge in [0.05, 0.1) is 10.1 Å². The van der Waals surface area contributed by atoms with E-state index >= 15 is 0 Å². The van der Waals surface area contributed by atoms with Crippen molar-refractivity contribution in [3.8, 4) is 0 Å². The second kappa shape index (κ2) is 22.6. The van der Waals surface area contributed by atoms with Crippen molar-refractivity contribution in [3.63, 3.8) is 0 Å². The van der Waals surface area contributed by atoms with Crippen LogP contribution in [0.15, 0.2) is 0 Å². The van der Waals surface area contributed by atoms with Crippen LogP contribution in [0.3, 0.4) is 0 Å².